The fraction of sp³-hybridized carbons (Fsp3) is 0.462. The van der Waals surface area contributed by atoms with Gasteiger partial charge in [-0.05, 0) is 37.8 Å². The van der Waals surface area contributed by atoms with Crippen molar-refractivity contribution < 1.29 is 18.7 Å². The van der Waals surface area contributed by atoms with Gasteiger partial charge in [0.1, 0.15) is 17.3 Å². The minimum absolute atomic E-state index is 0.0153. The van der Waals surface area contributed by atoms with Crippen LogP contribution in [0.5, 0.6) is 0 Å². The molecule has 98 valence electrons. The number of aromatic carboxylic acids is 1. The number of benzene rings is 1. The molecule has 0 saturated heterocycles. The molecule has 3 nitrogen and oxygen atoms in total. The first-order valence-electron chi connectivity index (χ1n) is 5.98. The highest BCUT2D eigenvalue weighted by molar-refractivity contribution is 5.88. The summed E-state index contributed by atoms with van der Waals surface area (Å²) in [5.74, 6) is -2.63. The van der Waals surface area contributed by atoms with Gasteiger partial charge in [0.2, 0.25) is 0 Å². The topological polar surface area (TPSA) is 49.3 Å². The second kappa shape index (κ2) is 4.92. The van der Waals surface area contributed by atoms with E-state index in [2.05, 4.69) is 5.32 Å². The summed E-state index contributed by atoms with van der Waals surface area (Å²) in [4.78, 5) is 10.6. The van der Waals surface area contributed by atoms with Crippen molar-refractivity contribution in [2.75, 3.05) is 5.32 Å². The van der Waals surface area contributed by atoms with E-state index in [0.29, 0.717) is 5.92 Å². The average molecular weight is 255 g/mol. The zero-order valence-electron chi connectivity index (χ0n) is 10.0. The third-order valence-corrected chi connectivity index (χ3v) is 3.52. The van der Waals surface area contributed by atoms with Gasteiger partial charge in [-0.25, -0.2) is 13.6 Å². The van der Waals surface area contributed by atoms with Crippen molar-refractivity contribution in [1.29, 1.82) is 0 Å². The standard InChI is InChI=1S/C13H15F2NO2/c1-7(8-3-2-4-8)16-12-10(14)5-9(13(17)18)6-11(12)15/h5-8,16H,2-4H2,1H3,(H,17,18). The highest BCUT2D eigenvalue weighted by atomic mass is 19.1. The van der Waals surface area contributed by atoms with Gasteiger partial charge >= 0.3 is 5.97 Å². The summed E-state index contributed by atoms with van der Waals surface area (Å²) in [6, 6.07) is 1.65. The number of hydrogen-bond acceptors (Lipinski definition) is 2. The van der Waals surface area contributed by atoms with E-state index in [1.165, 1.54) is 0 Å². The molecule has 2 N–H and O–H groups in total. The molecule has 18 heavy (non-hydrogen) atoms. The van der Waals surface area contributed by atoms with E-state index >= 15 is 0 Å². The van der Waals surface area contributed by atoms with Crippen molar-refractivity contribution in [2.24, 2.45) is 5.92 Å². The lowest BCUT2D eigenvalue weighted by Gasteiger charge is -2.32. The van der Waals surface area contributed by atoms with Gasteiger partial charge < -0.3 is 10.4 Å². The number of carbonyl (C=O) groups is 1. The Morgan fingerprint density at radius 3 is 2.33 bits per heavy atom. The number of rotatable bonds is 4. The van der Waals surface area contributed by atoms with Crippen molar-refractivity contribution in [1.82, 2.24) is 0 Å². The monoisotopic (exact) mass is 255 g/mol. The first kappa shape index (κ1) is 12.8. The van der Waals surface area contributed by atoms with Crippen LogP contribution >= 0.6 is 0 Å². The number of carboxylic acids is 1. The van der Waals surface area contributed by atoms with Crippen molar-refractivity contribution in [2.45, 2.75) is 32.2 Å². The zero-order chi connectivity index (χ0) is 13.3. The van der Waals surface area contributed by atoms with Crippen LogP contribution in [-0.2, 0) is 0 Å². The molecule has 1 aliphatic carbocycles. The molecule has 1 fully saturated rings. The summed E-state index contributed by atoms with van der Waals surface area (Å²) in [7, 11) is 0. The van der Waals surface area contributed by atoms with Gasteiger partial charge in [0.15, 0.2) is 0 Å². The Kier molecular flexibility index (Phi) is 3.50. The molecule has 0 radical (unpaired) electrons. The van der Waals surface area contributed by atoms with E-state index in [4.69, 9.17) is 5.11 Å². The summed E-state index contributed by atoms with van der Waals surface area (Å²) < 4.78 is 27.3. The Labute approximate surface area is 104 Å². The third kappa shape index (κ3) is 2.44. The van der Waals surface area contributed by atoms with Gasteiger partial charge in [-0.15, -0.1) is 0 Å². The summed E-state index contributed by atoms with van der Waals surface area (Å²) in [5, 5.41) is 11.5. The number of nitrogens with one attached hydrogen (secondary N) is 1. The lowest BCUT2D eigenvalue weighted by Crippen LogP contribution is -2.31. The zero-order valence-corrected chi connectivity index (χ0v) is 10.0. The van der Waals surface area contributed by atoms with Gasteiger partial charge in [0.05, 0.1) is 5.56 Å². The summed E-state index contributed by atoms with van der Waals surface area (Å²) in [5.41, 5.74) is -0.619. The summed E-state index contributed by atoms with van der Waals surface area (Å²) in [6.45, 7) is 1.88. The highest BCUT2D eigenvalue weighted by Crippen LogP contribution is 2.32. The molecular weight excluding hydrogens is 240 g/mol. The van der Waals surface area contributed by atoms with E-state index in [9.17, 15) is 13.6 Å². The Balaban J connectivity index is 2.19. The van der Waals surface area contributed by atoms with Crippen LogP contribution in [0, 0.1) is 17.6 Å². The van der Waals surface area contributed by atoms with Crippen molar-refractivity contribution in [3.05, 3.63) is 29.3 Å². The second-order valence-corrected chi connectivity index (χ2v) is 4.74. The van der Waals surface area contributed by atoms with Crippen LogP contribution in [0.1, 0.15) is 36.5 Å². The SMILES string of the molecule is CC(Nc1c(F)cc(C(=O)O)cc1F)C1CCC1. The van der Waals surface area contributed by atoms with E-state index in [0.717, 1.165) is 31.4 Å². The van der Waals surface area contributed by atoms with Gasteiger partial charge in [-0.3, -0.25) is 0 Å². The quantitative estimate of drug-likeness (QED) is 0.868. The van der Waals surface area contributed by atoms with Crippen LogP contribution in [0.25, 0.3) is 0 Å². The molecule has 2 rings (SSSR count). The first-order chi connectivity index (χ1) is 8.49. The summed E-state index contributed by atoms with van der Waals surface area (Å²) in [6.07, 6.45) is 3.27. The fourth-order valence-corrected chi connectivity index (χ4v) is 2.12. The van der Waals surface area contributed by atoms with Crippen LogP contribution in [-0.4, -0.2) is 17.1 Å². The molecule has 1 aromatic rings. The lowest BCUT2D eigenvalue weighted by atomic mass is 9.80. The number of halogens is 2. The molecular formula is C13H15F2NO2. The maximum atomic E-state index is 13.7. The molecule has 0 amide bonds. The number of anilines is 1. The molecule has 0 aliphatic heterocycles. The number of carboxylic acid groups (broad SMARTS) is 1. The highest BCUT2D eigenvalue weighted by Gasteiger charge is 2.25. The smallest absolute Gasteiger partial charge is 0.335 e. The van der Waals surface area contributed by atoms with E-state index < -0.39 is 17.6 Å². The number of hydrogen-bond donors (Lipinski definition) is 2. The Morgan fingerprint density at radius 2 is 1.94 bits per heavy atom. The lowest BCUT2D eigenvalue weighted by molar-refractivity contribution is 0.0696. The fourth-order valence-electron chi connectivity index (χ4n) is 2.12. The van der Waals surface area contributed by atoms with Crippen LogP contribution in [0.2, 0.25) is 0 Å². The molecule has 0 spiro atoms. The van der Waals surface area contributed by atoms with Crippen LogP contribution in [0.4, 0.5) is 14.5 Å². The largest absolute Gasteiger partial charge is 0.478 e. The predicted octanol–water partition coefficient (Wildman–Crippen LogP) is 3.26. The minimum Gasteiger partial charge on any atom is -0.478 e. The van der Waals surface area contributed by atoms with E-state index in [-0.39, 0.29) is 17.3 Å². The molecule has 0 heterocycles. The van der Waals surface area contributed by atoms with Crippen molar-refractivity contribution in [3.8, 4) is 0 Å². The Morgan fingerprint density at radius 1 is 1.39 bits per heavy atom. The first-order valence-corrected chi connectivity index (χ1v) is 5.98. The molecule has 5 heteroatoms. The maximum absolute atomic E-state index is 13.7. The maximum Gasteiger partial charge on any atom is 0.335 e. The van der Waals surface area contributed by atoms with Crippen LogP contribution in [0.3, 0.4) is 0 Å². The molecule has 1 saturated carbocycles. The normalized spacial score (nSPS) is 17.1. The van der Waals surface area contributed by atoms with Gasteiger partial charge in [0.25, 0.3) is 0 Å². The molecule has 1 aliphatic rings. The van der Waals surface area contributed by atoms with Crippen LogP contribution in [0.15, 0.2) is 12.1 Å². The molecule has 0 bridgehead atoms. The Bertz CT molecular complexity index is 449. The van der Waals surface area contributed by atoms with E-state index in [1.807, 2.05) is 6.92 Å². The molecule has 1 aromatic carbocycles. The van der Waals surface area contributed by atoms with Gasteiger partial charge in [-0.1, -0.05) is 6.42 Å². The third-order valence-electron chi connectivity index (χ3n) is 3.52. The second-order valence-electron chi connectivity index (χ2n) is 4.74. The van der Waals surface area contributed by atoms with Gasteiger partial charge in [0, 0.05) is 6.04 Å². The average Bonchev–Trinajstić information content (AvgIpc) is 2.20. The van der Waals surface area contributed by atoms with E-state index in [1.54, 1.807) is 0 Å². The molecule has 1 atom stereocenters. The van der Waals surface area contributed by atoms with Crippen molar-refractivity contribution in [3.63, 3.8) is 0 Å². The minimum atomic E-state index is -1.34. The molecule has 1 unspecified atom stereocenters. The predicted molar refractivity (Wildman–Crippen MR) is 63.7 cm³/mol. The Hall–Kier alpha value is -1.65. The molecule has 0 aromatic heterocycles. The van der Waals surface area contributed by atoms with Crippen LogP contribution < -0.4 is 5.32 Å². The summed E-state index contributed by atoms with van der Waals surface area (Å²) >= 11 is 0. The van der Waals surface area contributed by atoms with Crippen molar-refractivity contribution >= 4 is 11.7 Å². The van der Waals surface area contributed by atoms with Gasteiger partial charge in [-0.2, -0.15) is 0 Å².